The molecule has 1 aromatic carbocycles. The monoisotopic (exact) mass is 245 g/mol. The van der Waals surface area contributed by atoms with Crippen molar-refractivity contribution in [1.82, 2.24) is 0 Å². The van der Waals surface area contributed by atoms with E-state index < -0.39 is 0 Å². The van der Waals surface area contributed by atoms with Gasteiger partial charge < -0.3 is 5.73 Å². The van der Waals surface area contributed by atoms with Gasteiger partial charge in [-0.2, -0.15) is 0 Å². The van der Waals surface area contributed by atoms with Crippen molar-refractivity contribution < 1.29 is 0 Å². The van der Waals surface area contributed by atoms with E-state index in [0.717, 1.165) is 6.42 Å². The summed E-state index contributed by atoms with van der Waals surface area (Å²) in [6.45, 7) is 9.23. The summed E-state index contributed by atoms with van der Waals surface area (Å²) in [6.07, 6.45) is 4.72. The molecule has 2 unspecified atom stereocenters. The number of aryl methyl sites for hydroxylation is 1. The van der Waals surface area contributed by atoms with Gasteiger partial charge in [0.25, 0.3) is 0 Å². The van der Waals surface area contributed by atoms with Crippen LogP contribution in [0.2, 0.25) is 0 Å². The molecule has 100 valence electrons. The lowest BCUT2D eigenvalue weighted by Crippen LogP contribution is -2.19. The van der Waals surface area contributed by atoms with Crippen LogP contribution in [-0.4, -0.2) is 0 Å². The summed E-state index contributed by atoms with van der Waals surface area (Å²) in [6, 6.07) is 7.20. The quantitative estimate of drug-likeness (QED) is 0.759. The number of benzene rings is 1. The molecule has 0 aliphatic heterocycles. The maximum absolute atomic E-state index is 6.43. The van der Waals surface area contributed by atoms with E-state index in [2.05, 4.69) is 45.9 Å². The van der Waals surface area contributed by atoms with Crippen LogP contribution in [0, 0.1) is 5.41 Å². The largest absolute Gasteiger partial charge is 0.324 e. The van der Waals surface area contributed by atoms with Crippen LogP contribution in [0.5, 0.6) is 0 Å². The van der Waals surface area contributed by atoms with Crippen molar-refractivity contribution >= 4 is 0 Å². The lowest BCUT2D eigenvalue weighted by molar-refractivity contribution is 0.294. The third-order valence-corrected chi connectivity index (χ3v) is 4.59. The van der Waals surface area contributed by atoms with Crippen LogP contribution in [0.4, 0.5) is 0 Å². The van der Waals surface area contributed by atoms with Crippen LogP contribution in [-0.2, 0) is 6.42 Å². The Balaban J connectivity index is 2.35. The normalized spacial score (nSPS) is 24.2. The number of fused-ring (bicyclic) bond motifs is 1. The third-order valence-electron chi connectivity index (χ3n) is 4.59. The summed E-state index contributed by atoms with van der Waals surface area (Å²) in [7, 11) is 0. The summed E-state index contributed by atoms with van der Waals surface area (Å²) < 4.78 is 0. The van der Waals surface area contributed by atoms with Crippen molar-refractivity contribution in [1.29, 1.82) is 0 Å². The Bertz CT molecular complexity index is 420. The molecule has 0 bridgehead atoms. The minimum Gasteiger partial charge on any atom is -0.324 e. The summed E-state index contributed by atoms with van der Waals surface area (Å²) in [5.74, 6) is 0.638. The molecule has 0 radical (unpaired) electrons. The lowest BCUT2D eigenvalue weighted by atomic mass is 9.83. The van der Waals surface area contributed by atoms with Crippen molar-refractivity contribution in [3.05, 3.63) is 34.9 Å². The standard InChI is InChI=1S/C17H27N/c1-5-12(2)14-7-6-13-8-9-17(3,4)11-16(18)15(13)10-14/h6-7,10,12,16H,5,8-9,11,18H2,1-4H3. The van der Waals surface area contributed by atoms with Crippen molar-refractivity contribution in [2.45, 2.75) is 65.3 Å². The van der Waals surface area contributed by atoms with E-state index >= 15 is 0 Å². The molecule has 18 heavy (non-hydrogen) atoms. The second kappa shape index (κ2) is 5.05. The zero-order chi connectivity index (χ0) is 13.3. The highest BCUT2D eigenvalue weighted by atomic mass is 14.6. The Labute approximate surface area is 112 Å². The van der Waals surface area contributed by atoms with Crippen molar-refractivity contribution in [2.75, 3.05) is 0 Å². The van der Waals surface area contributed by atoms with Crippen molar-refractivity contribution in [3.8, 4) is 0 Å². The molecule has 0 aromatic heterocycles. The topological polar surface area (TPSA) is 26.0 Å². The highest BCUT2D eigenvalue weighted by Gasteiger charge is 2.27. The van der Waals surface area contributed by atoms with E-state index in [-0.39, 0.29) is 6.04 Å². The molecule has 2 N–H and O–H groups in total. The van der Waals surface area contributed by atoms with Crippen LogP contribution in [0.1, 0.15) is 75.6 Å². The molecule has 0 saturated heterocycles. The summed E-state index contributed by atoms with van der Waals surface area (Å²) in [4.78, 5) is 0. The molecule has 2 rings (SSSR count). The van der Waals surface area contributed by atoms with Gasteiger partial charge in [0.2, 0.25) is 0 Å². The van der Waals surface area contributed by atoms with Gasteiger partial charge in [0, 0.05) is 6.04 Å². The second-order valence-corrected chi connectivity index (χ2v) is 6.74. The van der Waals surface area contributed by atoms with Gasteiger partial charge in [0.05, 0.1) is 0 Å². The Kier molecular flexibility index (Phi) is 3.82. The van der Waals surface area contributed by atoms with Gasteiger partial charge in [0.1, 0.15) is 0 Å². The third kappa shape index (κ3) is 2.77. The number of hydrogen-bond acceptors (Lipinski definition) is 1. The maximum atomic E-state index is 6.43. The fourth-order valence-electron chi connectivity index (χ4n) is 3.01. The molecule has 1 aliphatic carbocycles. The Morgan fingerprint density at radius 3 is 2.78 bits per heavy atom. The minimum absolute atomic E-state index is 0.210. The first-order chi connectivity index (χ1) is 8.43. The van der Waals surface area contributed by atoms with E-state index in [0.29, 0.717) is 11.3 Å². The average molecular weight is 245 g/mol. The molecule has 1 nitrogen and oxygen atoms in total. The molecule has 0 spiro atoms. The van der Waals surface area contributed by atoms with Crippen LogP contribution in [0.3, 0.4) is 0 Å². The van der Waals surface area contributed by atoms with E-state index in [4.69, 9.17) is 5.73 Å². The van der Waals surface area contributed by atoms with Gasteiger partial charge in [-0.15, -0.1) is 0 Å². The minimum atomic E-state index is 0.210. The molecule has 1 aromatic rings. The van der Waals surface area contributed by atoms with Crippen LogP contribution in [0.25, 0.3) is 0 Å². The van der Waals surface area contributed by atoms with E-state index in [1.807, 2.05) is 0 Å². The molecular weight excluding hydrogens is 218 g/mol. The van der Waals surface area contributed by atoms with Crippen LogP contribution >= 0.6 is 0 Å². The van der Waals surface area contributed by atoms with E-state index in [1.165, 1.54) is 36.0 Å². The summed E-state index contributed by atoms with van der Waals surface area (Å²) in [5, 5.41) is 0. The zero-order valence-electron chi connectivity index (χ0n) is 12.3. The Morgan fingerprint density at radius 2 is 2.11 bits per heavy atom. The fourth-order valence-corrected chi connectivity index (χ4v) is 3.01. The Morgan fingerprint density at radius 1 is 1.39 bits per heavy atom. The molecule has 1 aliphatic rings. The summed E-state index contributed by atoms with van der Waals surface area (Å²) in [5.41, 5.74) is 11.1. The predicted octanol–water partition coefficient (Wildman–Crippen LogP) is 4.56. The van der Waals surface area contributed by atoms with Gasteiger partial charge in [0.15, 0.2) is 0 Å². The molecule has 0 heterocycles. The zero-order valence-corrected chi connectivity index (χ0v) is 12.3. The molecule has 2 atom stereocenters. The highest BCUT2D eigenvalue weighted by molar-refractivity contribution is 5.37. The van der Waals surface area contributed by atoms with Gasteiger partial charge in [-0.3, -0.25) is 0 Å². The smallest absolute Gasteiger partial charge is 0.0302 e. The number of hydrogen-bond donors (Lipinski definition) is 1. The van der Waals surface area contributed by atoms with Crippen molar-refractivity contribution in [3.63, 3.8) is 0 Å². The number of nitrogens with two attached hydrogens (primary N) is 1. The van der Waals surface area contributed by atoms with Gasteiger partial charge in [-0.1, -0.05) is 45.9 Å². The first kappa shape index (κ1) is 13.6. The van der Waals surface area contributed by atoms with Gasteiger partial charge in [-0.05, 0) is 53.7 Å². The molecule has 0 fully saturated rings. The Hall–Kier alpha value is -0.820. The molecule has 0 amide bonds. The maximum Gasteiger partial charge on any atom is 0.0302 e. The van der Waals surface area contributed by atoms with E-state index in [1.54, 1.807) is 0 Å². The number of rotatable bonds is 2. The highest BCUT2D eigenvalue weighted by Crippen LogP contribution is 2.39. The lowest BCUT2D eigenvalue weighted by Gasteiger charge is -2.24. The molecule has 0 saturated carbocycles. The van der Waals surface area contributed by atoms with Gasteiger partial charge in [-0.25, -0.2) is 0 Å². The first-order valence-corrected chi connectivity index (χ1v) is 7.31. The summed E-state index contributed by atoms with van der Waals surface area (Å²) >= 11 is 0. The SMILES string of the molecule is CCC(C)c1ccc2c(c1)C(N)CC(C)(C)CC2. The van der Waals surface area contributed by atoms with Crippen LogP contribution in [0.15, 0.2) is 18.2 Å². The van der Waals surface area contributed by atoms with E-state index in [9.17, 15) is 0 Å². The average Bonchev–Trinajstić information content (AvgIpc) is 2.45. The molecular formula is C17H27N. The van der Waals surface area contributed by atoms with Crippen molar-refractivity contribution in [2.24, 2.45) is 11.1 Å². The second-order valence-electron chi connectivity index (χ2n) is 6.74. The molecule has 1 heteroatoms. The van der Waals surface area contributed by atoms with Crippen LogP contribution < -0.4 is 5.73 Å². The first-order valence-electron chi connectivity index (χ1n) is 7.31. The fraction of sp³-hybridized carbons (Fsp3) is 0.647. The van der Waals surface area contributed by atoms with Gasteiger partial charge >= 0.3 is 0 Å². The predicted molar refractivity (Wildman–Crippen MR) is 78.8 cm³/mol.